The monoisotopic (exact) mass is 678 g/mol. The van der Waals surface area contributed by atoms with Gasteiger partial charge in [-0.25, -0.2) is 0 Å². The first-order chi connectivity index (χ1) is 26.3. The Morgan fingerprint density at radius 1 is 0.377 bits per heavy atom. The second-order valence-corrected chi connectivity index (χ2v) is 14.3. The standard InChI is InChI=1S/C50H30O3/c1-2-12-29(13-3-1)46-49-43(25-24-42-48(49)38-19-9-11-21-41(38)51-42)53-50(46)47-36-17-6-4-15-34(36)45(35-16-5-7-18-37(35)47)31-23-22-30-27-39-33-14-8-10-20-40(33)52-44(39)28-32(30)26-31/h1-28,46,50H. The van der Waals surface area contributed by atoms with Crippen molar-refractivity contribution in [3.05, 3.63) is 187 Å². The average Bonchev–Trinajstić information content (AvgIpc) is 3.90. The zero-order valence-corrected chi connectivity index (χ0v) is 28.5. The summed E-state index contributed by atoms with van der Waals surface area (Å²) in [6.07, 6.45) is -0.270. The topological polar surface area (TPSA) is 35.5 Å². The molecule has 2 aromatic heterocycles. The van der Waals surface area contributed by atoms with Gasteiger partial charge in [0.05, 0.1) is 5.92 Å². The number of fused-ring (bicyclic) bond motifs is 11. The van der Waals surface area contributed by atoms with Crippen molar-refractivity contribution < 1.29 is 13.6 Å². The third-order valence-electron chi connectivity index (χ3n) is 11.5. The van der Waals surface area contributed by atoms with Crippen molar-refractivity contribution in [2.24, 2.45) is 0 Å². The quantitative estimate of drug-likeness (QED) is 0.175. The Hall–Kier alpha value is -6.84. The van der Waals surface area contributed by atoms with Crippen molar-refractivity contribution in [3.8, 4) is 16.9 Å². The maximum absolute atomic E-state index is 7.22. The summed E-state index contributed by atoms with van der Waals surface area (Å²) < 4.78 is 20.0. The highest BCUT2D eigenvalue weighted by Gasteiger charge is 2.41. The fourth-order valence-electron chi connectivity index (χ4n) is 9.22. The lowest BCUT2D eigenvalue weighted by atomic mass is 9.79. The van der Waals surface area contributed by atoms with E-state index in [2.05, 4.69) is 152 Å². The molecule has 53 heavy (non-hydrogen) atoms. The average molecular weight is 679 g/mol. The molecule has 0 bridgehead atoms. The van der Waals surface area contributed by atoms with Crippen LogP contribution in [0.3, 0.4) is 0 Å². The van der Waals surface area contributed by atoms with Gasteiger partial charge in [-0.3, -0.25) is 0 Å². The van der Waals surface area contributed by atoms with Gasteiger partial charge in [-0.05, 0) is 91.5 Å². The molecule has 3 heteroatoms. The maximum atomic E-state index is 7.22. The Morgan fingerprint density at radius 3 is 1.75 bits per heavy atom. The zero-order chi connectivity index (χ0) is 34.6. The van der Waals surface area contributed by atoms with E-state index in [4.69, 9.17) is 13.6 Å². The summed E-state index contributed by atoms with van der Waals surface area (Å²) in [5, 5.41) is 11.7. The number of furan rings is 2. The van der Waals surface area contributed by atoms with E-state index in [1.54, 1.807) is 0 Å². The van der Waals surface area contributed by atoms with Crippen LogP contribution in [-0.2, 0) is 0 Å². The van der Waals surface area contributed by atoms with E-state index in [1.165, 1.54) is 54.7 Å². The van der Waals surface area contributed by atoms with E-state index in [1.807, 2.05) is 18.2 Å². The van der Waals surface area contributed by atoms with Crippen LogP contribution in [0.25, 0.3) is 87.3 Å². The van der Waals surface area contributed by atoms with Gasteiger partial charge in [0.2, 0.25) is 0 Å². The molecule has 2 atom stereocenters. The SMILES string of the molecule is c1ccc(C2c3c(ccc4oc5ccccc5c34)OC2c2c3ccccc3c(-c3ccc4cc5c(cc4c3)oc3ccccc35)c3ccccc23)cc1. The molecule has 9 aromatic carbocycles. The van der Waals surface area contributed by atoms with Gasteiger partial charge >= 0.3 is 0 Å². The van der Waals surface area contributed by atoms with E-state index in [-0.39, 0.29) is 12.0 Å². The molecular weight excluding hydrogens is 649 g/mol. The van der Waals surface area contributed by atoms with Gasteiger partial charge in [-0.2, -0.15) is 0 Å². The van der Waals surface area contributed by atoms with Crippen LogP contribution in [0.2, 0.25) is 0 Å². The number of hydrogen-bond acceptors (Lipinski definition) is 3. The summed E-state index contributed by atoms with van der Waals surface area (Å²) in [4.78, 5) is 0. The molecule has 3 nitrogen and oxygen atoms in total. The van der Waals surface area contributed by atoms with Crippen LogP contribution in [0, 0.1) is 0 Å². The van der Waals surface area contributed by atoms with Gasteiger partial charge in [0, 0.05) is 32.7 Å². The lowest BCUT2D eigenvalue weighted by Gasteiger charge is -2.25. The van der Waals surface area contributed by atoms with E-state index in [0.717, 1.165) is 55.0 Å². The van der Waals surface area contributed by atoms with Crippen molar-refractivity contribution in [2.45, 2.75) is 12.0 Å². The van der Waals surface area contributed by atoms with Crippen molar-refractivity contribution in [3.63, 3.8) is 0 Å². The van der Waals surface area contributed by atoms with Crippen molar-refractivity contribution in [1.29, 1.82) is 0 Å². The van der Waals surface area contributed by atoms with Gasteiger partial charge in [0.1, 0.15) is 34.2 Å². The molecule has 1 aliphatic rings. The van der Waals surface area contributed by atoms with Gasteiger partial charge < -0.3 is 13.6 Å². The minimum Gasteiger partial charge on any atom is -0.484 e. The summed E-state index contributed by atoms with van der Waals surface area (Å²) in [5.74, 6) is 0.854. The molecular formula is C50H30O3. The Bertz CT molecular complexity index is 3220. The second-order valence-electron chi connectivity index (χ2n) is 14.3. The van der Waals surface area contributed by atoms with Gasteiger partial charge in [0.15, 0.2) is 0 Å². The van der Waals surface area contributed by atoms with Crippen molar-refractivity contribution in [2.75, 3.05) is 0 Å². The van der Waals surface area contributed by atoms with Gasteiger partial charge in [0.25, 0.3) is 0 Å². The Balaban J connectivity index is 1.12. The molecule has 0 spiro atoms. The van der Waals surface area contributed by atoms with E-state index in [0.29, 0.717) is 0 Å². The molecule has 1 aliphatic heterocycles. The summed E-state index contributed by atoms with van der Waals surface area (Å²) in [6.45, 7) is 0. The first kappa shape index (κ1) is 28.8. The number of ether oxygens (including phenoxy) is 1. The molecule has 0 radical (unpaired) electrons. The highest BCUT2D eigenvalue weighted by Crippen LogP contribution is 2.56. The van der Waals surface area contributed by atoms with Crippen LogP contribution in [0.15, 0.2) is 179 Å². The van der Waals surface area contributed by atoms with Crippen LogP contribution < -0.4 is 4.74 Å². The lowest BCUT2D eigenvalue weighted by molar-refractivity contribution is 0.225. The molecule has 0 saturated carbocycles. The molecule has 3 heterocycles. The molecule has 12 rings (SSSR count). The largest absolute Gasteiger partial charge is 0.484 e. The third kappa shape index (κ3) is 4.10. The Morgan fingerprint density at radius 2 is 1.00 bits per heavy atom. The van der Waals surface area contributed by atoms with Crippen LogP contribution in [0.4, 0.5) is 0 Å². The number of hydrogen-bond donors (Lipinski definition) is 0. The highest BCUT2D eigenvalue weighted by molar-refractivity contribution is 6.17. The third-order valence-corrected chi connectivity index (χ3v) is 11.5. The van der Waals surface area contributed by atoms with Crippen LogP contribution >= 0.6 is 0 Å². The maximum Gasteiger partial charge on any atom is 0.136 e. The molecule has 0 fully saturated rings. The minimum atomic E-state index is -0.270. The predicted molar refractivity (Wildman–Crippen MR) is 217 cm³/mol. The molecule has 0 amide bonds. The fourth-order valence-corrected chi connectivity index (χ4v) is 9.22. The van der Waals surface area contributed by atoms with Gasteiger partial charge in [-0.15, -0.1) is 0 Å². The summed E-state index contributed by atoms with van der Waals surface area (Å²) in [5.41, 5.74) is 9.61. The lowest BCUT2D eigenvalue weighted by Crippen LogP contribution is -2.13. The van der Waals surface area contributed by atoms with Crippen molar-refractivity contribution in [1.82, 2.24) is 0 Å². The van der Waals surface area contributed by atoms with Gasteiger partial charge in [-0.1, -0.05) is 127 Å². The Labute approximate surface area is 304 Å². The smallest absolute Gasteiger partial charge is 0.136 e. The van der Waals surface area contributed by atoms with Crippen LogP contribution in [0.1, 0.15) is 28.7 Å². The molecule has 248 valence electrons. The first-order valence-corrected chi connectivity index (χ1v) is 18.2. The first-order valence-electron chi connectivity index (χ1n) is 18.2. The highest BCUT2D eigenvalue weighted by atomic mass is 16.5. The predicted octanol–water partition coefficient (Wildman–Crippen LogP) is 13.9. The molecule has 2 unspecified atom stereocenters. The fraction of sp³-hybridized carbons (Fsp3) is 0.0400. The van der Waals surface area contributed by atoms with Crippen molar-refractivity contribution >= 4 is 76.2 Å². The summed E-state index contributed by atoms with van der Waals surface area (Å²) in [7, 11) is 0. The minimum absolute atomic E-state index is 0.0551. The van der Waals surface area contributed by atoms with Crippen LogP contribution in [0.5, 0.6) is 5.75 Å². The van der Waals surface area contributed by atoms with Crippen LogP contribution in [-0.4, -0.2) is 0 Å². The summed E-state index contributed by atoms with van der Waals surface area (Å²) in [6, 6.07) is 60.7. The number of rotatable bonds is 3. The number of para-hydroxylation sites is 2. The molecule has 0 N–H and O–H groups in total. The van der Waals surface area contributed by atoms with E-state index in [9.17, 15) is 0 Å². The zero-order valence-electron chi connectivity index (χ0n) is 28.5. The van der Waals surface area contributed by atoms with E-state index < -0.39 is 0 Å². The van der Waals surface area contributed by atoms with E-state index >= 15 is 0 Å². The molecule has 0 aliphatic carbocycles. The molecule has 0 saturated heterocycles. The normalized spacial score (nSPS) is 15.7. The Kier molecular flexibility index (Phi) is 5.89. The summed E-state index contributed by atoms with van der Waals surface area (Å²) >= 11 is 0. The number of benzene rings is 9. The second kappa shape index (κ2) is 10.8. The molecule has 11 aromatic rings.